The quantitative estimate of drug-likeness (QED) is 0.914. The predicted octanol–water partition coefficient (Wildman–Crippen LogP) is 2.22. The molecule has 0 aliphatic carbocycles. The fourth-order valence-electron chi connectivity index (χ4n) is 3.35. The Hall–Kier alpha value is -2.17. The summed E-state index contributed by atoms with van der Waals surface area (Å²) in [4.78, 5) is 12.5. The van der Waals surface area contributed by atoms with E-state index in [1.165, 1.54) is 16.7 Å². The first kappa shape index (κ1) is 14.4. The highest BCUT2D eigenvalue weighted by molar-refractivity contribution is 5.82. The van der Waals surface area contributed by atoms with Gasteiger partial charge in [-0.25, -0.2) is 0 Å². The monoisotopic (exact) mass is 308 g/mol. The van der Waals surface area contributed by atoms with Crippen molar-refractivity contribution in [2.75, 3.05) is 6.61 Å². The fraction of sp³-hybridized carbons (Fsp3) is 0.316. The van der Waals surface area contributed by atoms with E-state index in [0.717, 1.165) is 30.6 Å². The number of amides is 1. The maximum atomic E-state index is 12.5. The molecule has 0 aromatic heterocycles. The van der Waals surface area contributed by atoms with E-state index in [9.17, 15) is 4.79 Å². The van der Waals surface area contributed by atoms with E-state index in [1.807, 2.05) is 18.2 Å². The number of carbonyl (C=O) groups excluding carboxylic acids is 1. The lowest BCUT2D eigenvalue weighted by Crippen LogP contribution is -2.33. The second-order valence-corrected chi connectivity index (χ2v) is 6.12. The molecule has 1 amide bonds. The van der Waals surface area contributed by atoms with Crippen LogP contribution in [0, 0.1) is 0 Å². The Bertz CT molecular complexity index is 742. The first-order valence-corrected chi connectivity index (χ1v) is 8.10. The molecule has 118 valence electrons. The molecule has 2 aromatic carbocycles. The van der Waals surface area contributed by atoms with E-state index >= 15 is 0 Å². The Balaban J connectivity index is 1.45. The van der Waals surface area contributed by atoms with Crippen molar-refractivity contribution in [3.05, 3.63) is 70.3 Å². The number of rotatable bonds is 3. The van der Waals surface area contributed by atoms with Gasteiger partial charge in [0.25, 0.3) is 5.91 Å². The van der Waals surface area contributed by atoms with Crippen LogP contribution >= 0.6 is 0 Å². The lowest BCUT2D eigenvalue weighted by atomic mass is 9.97. The van der Waals surface area contributed by atoms with Crippen LogP contribution in [0.3, 0.4) is 0 Å². The van der Waals surface area contributed by atoms with Crippen LogP contribution in [-0.2, 0) is 35.6 Å². The van der Waals surface area contributed by atoms with Gasteiger partial charge in [-0.2, -0.15) is 0 Å². The molecular formula is C19H20N2O2. The topological polar surface area (TPSA) is 50.4 Å². The Kier molecular flexibility index (Phi) is 3.85. The average molecular weight is 308 g/mol. The van der Waals surface area contributed by atoms with Crippen molar-refractivity contribution in [2.45, 2.75) is 32.2 Å². The summed E-state index contributed by atoms with van der Waals surface area (Å²) in [6.07, 6.45) is 0.383. The third-order valence-electron chi connectivity index (χ3n) is 4.60. The highest BCUT2D eigenvalue weighted by Crippen LogP contribution is 2.27. The Morgan fingerprint density at radius 1 is 1.13 bits per heavy atom. The summed E-state index contributed by atoms with van der Waals surface area (Å²) in [7, 11) is 0. The number of carbonyl (C=O) groups is 1. The van der Waals surface area contributed by atoms with Crippen molar-refractivity contribution < 1.29 is 9.53 Å². The molecule has 0 bridgehead atoms. The largest absolute Gasteiger partial charge is 0.363 e. The van der Waals surface area contributed by atoms with Gasteiger partial charge in [-0.1, -0.05) is 42.5 Å². The highest BCUT2D eigenvalue weighted by Gasteiger charge is 2.26. The van der Waals surface area contributed by atoms with Gasteiger partial charge in [-0.05, 0) is 34.2 Å². The standard InChI is InChI=1S/C19H20N2O2/c22-19(18-17-4-2-1-3-14(17)7-8-23-18)21-10-13-5-6-15-11-20-12-16(15)9-13/h1-6,9,18,20H,7-8,10-12H2,(H,21,22). The van der Waals surface area contributed by atoms with Crippen LogP contribution in [0.5, 0.6) is 0 Å². The molecule has 1 unspecified atom stereocenters. The van der Waals surface area contributed by atoms with Gasteiger partial charge in [0.1, 0.15) is 0 Å². The van der Waals surface area contributed by atoms with Gasteiger partial charge in [-0.3, -0.25) is 4.79 Å². The summed E-state index contributed by atoms with van der Waals surface area (Å²) in [5.41, 5.74) is 6.02. The minimum absolute atomic E-state index is 0.0595. The molecule has 2 aromatic rings. The van der Waals surface area contributed by atoms with Gasteiger partial charge >= 0.3 is 0 Å². The van der Waals surface area contributed by atoms with Crippen LogP contribution in [0.1, 0.15) is 33.9 Å². The van der Waals surface area contributed by atoms with Crippen molar-refractivity contribution in [2.24, 2.45) is 0 Å². The Morgan fingerprint density at radius 2 is 2.00 bits per heavy atom. The van der Waals surface area contributed by atoms with Gasteiger partial charge in [0, 0.05) is 19.6 Å². The molecule has 0 radical (unpaired) electrons. The fourth-order valence-corrected chi connectivity index (χ4v) is 3.35. The zero-order valence-corrected chi connectivity index (χ0v) is 13.0. The normalized spacial score (nSPS) is 19.0. The predicted molar refractivity (Wildman–Crippen MR) is 87.7 cm³/mol. The highest BCUT2D eigenvalue weighted by atomic mass is 16.5. The number of hydrogen-bond acceptors (Lipinski definition) is 3. The van der Waals surface area contributed by atoms with E-state index in [2.05, 4.69) is 34.9 Å². The molecule has 2 heterocycles. The summed E-state index contributed by atoms with van der Waals surface area (Å²) in [5, 5.41) is 6.35. The van der Waals surface area contributed by atoms with E-state index in [1.54, 1.807) is 0 Å². The van der Waals surface area contributed by atoms with Crippen LogP contribution in [0.15, 0.2) is 42.5 Å². The number of hydrogen-bond donors (Lipinski definition) is 2. The van der Waals surface area contributed by atoms with Crippen molar-refractivity contribution in [1.29, 1.82) is 0 Å². The van der Waals surface area contributed by atoms with E-state index in [-0.39, 0.29) is 5.91 Å². The summed E-state index contributed by atoms with van der Waals surface area (Å²) in [5.74, 6) is -0.0595. The summed E-state index contributed by atoms with van der Waals surface area (Å²) < 4.78 is 5.71. The molecule has 4 rings (SSSR count). The molecule has 4 heteroatoms. The maximum Gasteiger partial charge on any atom is 0.254 e. The second kappa shape index (κ2) is 6.14. The molecule has 23 heavy (non-hydrogen) atoms. The Morgan fingerprint density at radius 3 is 2.96 bits per heavy atom. The number of ether oxygens (including phenoxy) is 1. The minimum atomic E-state index is -0.490. The van der Waals surface area contributed by atoms with Crippen molar-refractivity contribution >= 4 is 5.91 Å². The number of nitrogens with one attached hydrogen (secondary N) is 2. The zero-order valence-electron chi connectivity index (χ0n) is 13.0. The third-order valence-corrected chi connectivity index (χ3v) is 4.60. The molecular weight excluding hydrogens is 288 g/mol. The number of benzene rings is 2. The molecule has 1 atom stereocenters. The van der Waals surface area contributed by atoms with Crippen molar-refractivity contribution in [3.63, 3.8) is 0 Å². The van der Waals surface area contributed by atoms with E-state index in [0.29, 0.717) is 13.2 Å². The third kappa shape index (κ3) is 2.87. The second-order valence-electron chi connectivity index (χ2n) is 6.12. The lowest BCUT2D eigenvalue weighted by Gasteiger charge is -2.25. The van der Waals surface area contributed by atoms with Gasteiger partial charge in [0.2, 0.25) is 0 Å². The van der Waals surface area contributed by atoms with Crippen molar-refractivity contribution in [3.8, 4) is 0 Å². The SMILES string of the molecule is O=C(NCc1ccc2c(c1)CNC2)C1OCCc2ccccc21. The molecule has 2 aliphatic heterocycles. The lowest BCUT2D eigenvalue weighted by molar-refractivity contribution is -0.134. The van der Waals surface area contributed by atoms with Crippen LogP contribution in [-0.4, -0.2) is 12.5 Å². The number of fused-ring (bicyclic) bond motifs is 2. The van der Waals surface area contributed by atoms with Crippen LogP contribution in [0.4, 0.5) is 0 Å². The molecule has 0 saturated heterocycles. The summed E-state index contributed by atoms with van der Waals surface area (Å²) in [6, 6.07) is 14.4. The Labute approximate surface area is 135 Å². The van der Waals surface area contributed by atoms with Gasteiger partial charge in [0.05, 0.1) is 6.61 Å². The summed E-state index contributed by atoms with van der Waals surface area (Å²) in [6.45, 7) is 2.98. The first-order chi connectivity index (χ1) is 11.3. The average Bonchev–Trinajstić information content (AvgIpc) is 3.07. The zero-order chi connectivity index (χ0) is 15.6. The molecule has 0 fully saturated rings. The van der Waals surface area contributed by atoms with Crippen LogP contribution in [0.25, 0.3) is 0 Å². The van der Waals surface area contributed by atoms with Crippen molar-refractivity contribution in [1.82, 2.24) is 10.6 Å². The van der Waals surface area contributed by atoms with Crippen LogP contribution < -0.4 is 10.6 Å². The molecule has 2 N–H and O–H groups in total. The smallest absolute Gasteiger partial charge is 0.254 e. The first-order valence-electron chi connectivity index (χ1n) is 8.10. The van der Waals surface area contributed by atoms with Gasteiger partial charge in [0.15, 0.2) is 6.10 Å². The van der Waals surface area contributed by atoms with Gasteiger partial charge < -0.3 is 15.4 Å². The minimum Gasteiger partial charge on any atom is -0.363 e. The molecule has 2 aliphatic rings. The summed E-state index contributed by atoms with van der Waals surface area (Å²) >= 11 is 0. The van der Waals surface area contributed by atoms with E-state index in [4.69, 9.17) is 4.74 Å². The van der Waals surface area contributed by atoms with E-state index < -0.39 is 6.10 Å². The van der Waals surface area contributed by atoms with Gasteiger partial charge in [-0.15, -0.1) is 0 Å². The molecule has 4 nitrogen and oxygen atoms in total. The maximum absolute atomic E-state index is 12.5. The molecule has 0 spiro atoms. The van der Waals surface area contributed by atoms with Crippen LogP contribution in [0.2, 0.25) is 0 Å². The molecule has 0 saturated carbocycles.